The highest BCUT2D eigenvalue weighted by molar-refractivity contribution is 5.57. The van der Waals surface area contributed by atoms with Gasteiger partial charge in [0.2, 0.25) is 0 Å². The number of hydrogen-bond donors (Lipinski definition) is 1. The molecular weight excluding hydrogens is 198 g/mol. The van der Waals surface area contributed by atoms with Crippen molar-refractivity contribution < 1.29 is 4.79 Å². The molecule has 0 aliphatic carbocycles. The molecule has 0 aromatic rings. The molecule has 1 saturated heterocycles. The summed E-state index contributed by atoms with van der Waals surface area (Å²) in [5.41, 5.74) is -0.157. The molecule has 1 aliphatic heterocycles. The molecule has 2 atom stereocenters. The minimum atomic E-state index is -0.157. The first-order valence-electron chi connectivity index (χ1n) is 6.77. The van der Waals surface area contributed by atoms with Crippen LogP contribution in [0.1, 0.15) is 59.3 Å². The van der Waals surface area contributed by atoms with E-state index in [1.165, 1.54) is 32.1 Å². The predicted molar refractivity (Wildman–Crippen MR) is 68.5 cm³/mol. The lowest BCUT2D eigenvalue weighted by Gasteiger charge is -2.21. The van der Waals surface area contributed by atoms with Gasteiger partial charge in [-0.25, -0.2) is 0 Å². The Hall–Kier alpha value is -0.370. The maximum Gasteiger partial charge on any atom is 0.125 e. The van der Waals surface area contributed by atoms with Gasteiger partial charge in [0.15, 0.2) is 0 Å². The van der Waals surface area contributed by atoms with Crippen molar-refractivity contribution in [1.82, 2.24) is 5.32 Å². The van der Waals surface area contributed by atoms with Crippen LogP contribution < -0.4 is 5.32 Å². The molecule has 0 aromatic heterocycles. The Morgan fingerprint density at radius 1 is 1.38 bits per heavy atom. The Kier molecular flexibility index (Phi) is 5.47. The van der Waals surface area contributed by atoms with Crippen molar-refractivity contribution >= 4 is 6.29 Å². The third-order valence-electron chi connectivity index (χ3n) is 3.62. The molecule has 0 amide bonds. The topological polar surface area (TPSA) is 29.1 Å². The van der Waals surface area contributed by atoms with E-state index < -0.39 is 0 Å². The van der Waals surface area contributed by atoms with Gasteiger partial charge < -0.3 is 10.1 Å². The number of nitrogens with one attached hydrogen (secondary N) is 1. The van der Waals surface area contributed by atoms with Crippen LogP contribution in [0.15, 0.2) is 0 Å². The summed E-state index contributed by atoms with van der Waals surface area (Å²) in [7, 11) is 0. The second kappa shape index (κ2) is 6.39. The monoisotopic (exact) mass is 225 g/mol. The quantitative estimate of drug-likeness (QED) is 0.532. The van der Waals surface area contributed by atoms with E-state index in [-0.39, 0.29) is 5.41 Å². The van der Waals surface area contributed by atoms with Crippen LogP contribution in [-0.2, 0) is 4.79 Å². The summed E-state index contributed by atoms with van der Waals surface area (Å²) >= 11 is 0. The fourth-order valence-corrected chi connectivity index (χ4v) is 2.64. The Labute approximate surface area is 100 Å². The minimum Gasteiger partial charge on any atom is -0.314 e. The number of carbonyl (C=O) groups excluding carboxylic acids is 1. The minimum absolute atomic E-state index is 0.157. The Morgan fingerprint density at radius 3 is 2.75 bits per heavy atom. The van der Waals surface area contributed by atoms with Gasteiger partial charge >= 0.3 is 0 Å². The molecule has 1 heterocycles. The zero-order valence-electron chi connectivity index (χ0n) is 11.1. The Morgan fingerprint density at radius 2 is 2.12 bits per heavy atom. The van der Waals surface area contributed by atoms with E-state index in [9.17, 15) is 4.79 Å². The van der Waals surface area contributed by atoms with Gasteiger partial charge in [-0.15, -0.1) is 0 Å². The summed E-state index contributed by atoms with van der Waals surface area (Å²) < 4.78 is 0. The molecule has 1 fully saturated rings. The standard InChI is InChI=1S/C14H27NO/c1-4-5-6-7-12-8-13(15-10-12)9-14(2,3)11-16/h11-13,15H,4-10H2,1-3H3. The molecule has 0 spiro atoms. The Balaban J connectivity index is 2.22. The highest BCUT2D eigenvalue weighted by Gasteiger charge is 2.29. The van der Waals surface area contributed by atoms with E-state index in [2.05, 4.69) is 12.2 Å². The van der Waals surface area contributed by atoms with Crippen LogP contribution in [0.25, 0.3) is 0 Å². The van der Waals surface area contributed by atoms with Gasteiger partial charge in [-0.05, 0) is 31.7 Å². The zero-order chi connectivity index (χ0) is 12.0. The number of hydrogen-bond acceptors (Lipinski definition) is 2. The molecule has 0 aromatic carbocycles. The van der Waals surface area contributed by atoms with E-state index in [1.54, 1.807) is 0 Å². The van der Waals surface area contributed by atoms with Gasteiger partial charge in [0.25, 0.3) is 0 Å². The summed E-state index contributed by atoms with van der Waals surface area (Å²) in [5, 5.41) is 3.57. The van der Waals surface area contributed by atoms with Crippen molar-refractivity contribution in [3.8, 4) is 0 Å². The van der Waals surface area contributed by atoms with E-state index in [0.29, 0.717) is 6.04 Å². The van der Waals surface area contributed by atoms with Crippen LogP contribution in [0.4, 0.5) is 0 Å². The summed E-state index contributed by atoms with van der Waals surface area (Å²) in [4.78, 5) is 10.9. The molecule has 2 nitrogen and oxygen atoms in total. The number of rotatable bonds is 7. The number of unbranched alkanes of at least 4 members (excludes halogenated alkanes) is 2. The van der Waals surface area contributed by atoms with Gasteiger partial charge in [-0.1, -0.05) is 40.0 Å². The maximum absolute atomic E-state index is 10.9. The first-order valence-corrected chi connectivity index (χ1v) is 6.77. The third-order valence-corrected chi connectivity index (χ3v) is 3.62. The average Bonchev–Trinajstić information content (AvgIpc) is 2.65. The summed E-state index contributed by atoms with van der Waals surface area (Å²) in [5.74, 6) is 0.846. The number of carbonyl (C=O) groups is 1. The number of aldehydes is 1. The third kappa shape index (κ3) is 4.65. The van der Waals surface area contributed by atoms with Crippen molar-refractivity contribution in [2.75, 3.05) is 6.54 Å². The SMILES string of the molecule is CCCCCC1CNC(CC(C)(C)C=O)C1. The van der Waals surface area contributed by atoms with Crippen molar-refractivity contribution in [3.05, 3.63) is 0 Å². The molecule has 0 bridgehead atoms. The lowest BCUT2D eigenvalue weighted by molar-refractivity contribution is -0.115. The average molecular weight is 225 g/mol. The molecule has 1 N–H and O–H groups in total. The molecule has 1 rings (SSSR count). The van der Waals surface area contributed by atoms with Gasteiger partial charge in [-0.3, -0.25) is 0 Å². The van der Waals surface area contributed by atoms with Gasteiger partial charge in [0.1, 0.15) is 6.29 Å². The largest absolute Gasteiger partial charge is 0.314 e. The molecule has 16 heavy (non-hydrogen) atoms. The second-order valence-electron chi connectivity index (χ2n) is 6.01. The van der Waals surface area contributed by atoms with Crippen LogP contribution in [0, 0.1) is 11.3 Å². The molecule has 1 aliphatic rings. The molecule has 94 valence electrons. The fraction of sp³-hybridized carbons (Fsp3) is 0.929. The maximum atomic E-state index is 10.9. The second-order valence-corrected chi connectivity index (χ2v) is 6.01. The molecule has 0 radical (unpaired) electrons. The molecular formula is C14H27NO. The van der Waals surface area contributed by atoms with Crippen molar-refractivity contribution in [2.24, 2.45) is 11.3 Å². The van der Waals surface area contributed by atoms with Gasteiger partial charge in [0.05, 0.1) is 0 Å². The van der Waals surface area contributed by atoms with E-state index in [0.717, 1.165) is 25.2 Å². The lowest BCUT2D eigenvalue weighted by atomic mass is 9.85. The lowest BCUT2D eigenvalue weighted by Crippen LogP contribution is -2.29. The van der Waals surface area contributed by atoms with Gasteiger partial charge in [0, 0.05) is 11.5 Å². The first kappa shape index (κ1) is 13.7. The molecule has 0 saturated carbocycles. The summed E-state index contributed by atoms with van der Waals surface area (Å²) in [6.45, 7) is 7.48. The normalized spacial score (nSPS) is 25.9. The highest BCUT2D eigenvalue weighted by atomic mass is 16.1. The van der Waals surface area contributed by atoms with E-state index in [1.807, 2.05) is 13.8 Å². The summed E-state index contributed by atoms with van der Waals surface area (Å²) in [6, 6.07) is 0.562. The molecule has 2 heteroatoms. The van der Waals surface area contributed by atoms with Gasteiger partial charge in [-0.2, -0.15) is 0 Å². The molecule has 2 unspecified atom stereocenters. The van der Waals surface area contributed by atoms with Crippen LogP contribution in [0.3, 0.4) is 0 Å². The van der Waals surface area contributed by atoms with Crippen molar-refractivity contribution in [1.29, 1.82) is 0 Å². The Bertz CT molecular complexity index is 213. The van der Waals surface area contributed by atoms with Crippen molar-refractivity contribution in [2.45, 2.75) is 65.3 Å². The fourth-order valence-electron chi connectivity index (χ4n) is 2.64. The highest BCUT2D eigenvalue weighted by Crippen LogP contribution is 2.28. The zero-order valence-corrected chi connectivity index (χ0v) is 11.1. The predicted octanol–water partition coefficient (Wildman–Crippen LogP) is 3.16. The van der Waals surface area contributed by atoms with Crippen LogP contribution in [0.5, 0.6) is 0 Å². The first-order chi connectivity index (χ1) is 7.57. The van der Waals surface area contributed by atoms with E-state index >= 15 is 0 Å². The van der Waals surface area contributed by atoms with Crippen molar-refractivity contribution in [3.63, 3.8) is 0 Å². The van der Waals surface area contributed by atoms with Crippen LogP contribution >= 0.6 is 0 Å². The van der Waals surface area contributed by atoms with Crippen LogP contribution in [-0.4, -0.2) is 18.9 Å². The smallest absolute Gasteiger partial charge is 0.125 e. The van der Waals surface area contributed by atoms with E-state index in [4.69, 9.17) is 0 Å². The summed E-state index contributed by atoms with van der Waals surface area (Å²) in [6.07, 6.45) is 8.75. The van der Waals surface area contributed by atoms with Crippen LogP contribution in [0.2, 0.25) is 0 Å².